The number of rotatable bonds is 4. The van der Waals surface area contributed by atoms with Crippen LogP contribution < -0.4 is 4.74 Å². The van der Waals surface area contributed by atoms with E-state index in [0.717, 1.165) is 10.4 Å². The maximum Gasteiger partial charge on any atom is 0.387 e. The summed E-state index contributed by atoms with van der Waals surface area (Å²) in [5.41, 5.74) is 0.807. The molecule has 0 atom stereocenters. The average molecular weight is 254 g/mol. The lowest BCUT2D eigenvalue weighted by molar-refractivity contribution is -0.0502. The van der Waals surface area contributed by atoms with Crippen LogP contribution in [-0.4, -0.2) is 26.6 Å². The van der Waals surface area contributed by atoms with Crippen molar-refractivity contribution in [3.63, 3.8) is 0 Å². The van der Waals surface area contributed by atoms with Gasteiger partial charge in [-0.05, 0) is 17.5 Å². The van der Waals surface area contributed by atoms with E-state index in [1.807, 2.05) is 13.8 Å². The molecule has 0 N–H and O–H groups in total. The molecule has 0 spiro atoms. The zero-order valence-corrected chi connectivity index (χ0v) is 9.92. The second-order valence-electron chi connectivity index (χ2n) is 3.94. The SMILES string of the molecule is CC(C)c1cnc(-n2nccn2)c(OC(F)F)c1. The molecule has 0 aliphatic carbocycles. The summed E-state index contributed by atoms with van der Waals surface area (Å²) in [4.78, 5) is 5.22. The van der Waals surface area contributed by atoms with E-state index >= 15 is 0 Å². The van der Waals surface area contributed by atoms with Crippen LogP contribution in [0.1, 0.15) is 25.3 Å². The van der Waals surface area contributed by atoms with Crippen LogP contribution in [0.2, 0.25) is 0 Å². The highest BCUT2D eigenvalue weighted by Gasteiger charge is 2.15. The van der Waals surface area contributed by atoms with Crippen LogP contribution in [0, 0.1) is 0 Å². The highest BCUT2D eigenvalue weighted by molar-refractivity contribution is 5.41. The molecular formula is C11H12F2N4O. The molecule has 0 amide bonds. The molecule has 18 heavy (non-hydrogen) atoms. The van der Waals surface area contributed by atoms with Crippen LogP contribution in [0.5, 0.6) is 5.75 Å². The Morgan fingerprint density at radius 1 is 1.22 bits per heavy atom. The van der Waals surface area contributed by atoms with Gasteiger partial charge in [-0.15, -0.1) is 4.80 Å². The van der Waals surface area contributed by atoms with Crippen molar-refractivity contribution in [2.75, 3.05) is 0 Å². The van der Waals surface area contributed by atoms with Crippen molar-refractivity contribution in [3.05, 3.63) is 30.2 Å². The van der Waals surface area contributed by atoms with Gasteiger partial charge < -0.3 is 4.74 Å². The summed E-state index contributed by atoms with van der Waals surface area (Å²) in [5, 5.41) is 7.69. The van der Waals surface area contributed by atoms with Crippen LogP contribution in [-0.2, 0) is 0 Å². The number of halogens is 2. The van der Waals surface area contributed by atoms with E-state index in [2.05, 4.69) is 19.9 Å². The van der Waals surface area contributed by atoms with Crippen LogP contribution in [0.3, 0.4) is 0 Å². The average Bonchev–Trinajstić information content (AvgIpc) is 2.81. The zero-order chi connectivity index (χ0) is 13.1. The number of hydrogen-bond donors (Lipinski definition) is 0. The molecule has 2 aromatic rings. The summed E-state index contributed by atoms with van der Waals surface area (Å²) in [6.45, 7) is 0.966. The van der Waals surface area contributed by atoms with Crippen LogP contribution >= 0.6 is 0 Å². The lowest BCUT2D eigenvalue weighted by Gasteiger charge is -2.12. The second-order valence-corrected chi connectivity index (χ2v) is 3.94. The molecule has 0 bridgehead atoms. The quantitative estimate of drug-likeness (QED) is 0.840. The van der Waals surface area contributed by atoms with Gasteiger partial charge in [0.25, 0.3) is 0 Å². The highest BCUT2D eigenvalue weighted by Crippen LogP contribution is 2.26. The first kappa shape index (κ1) is 12.4. The van der Waals surface area contributed by atoms with Gasteiger partial charge >= 0.3 is 6.61 Å². The molecule has 2 heterocycles. The standard InChI is InChI=1S/C11H12F2N4O/c1-7(2)8-5-9(18-11(12)13)10(14-6-8)17-15-3-4-16-17/h3-7,11H,1-2H3. The van der Waals surface area contributed by atoms with Gasteiger partial charge in [-0.3, -0.25) is 0 Å². The van der Waals surface area contributed by atoms with E-state index in [1.54, 1.807) is 6.20 Å². The molecule has 0 fully saturated rings. The summed E-state index contributed by atoms with van der Waals surface area (Å²) >= 11 is 0. The third-order valence-corrected chi connectivity index (χ3v) is 2.34. The molecule has 96 valence electrons. The zero-order valence-electron chi connectivity index (χ0n) is 9.92. The van der Waals surface area contributed by atoms with Crippen molar-refractivity contribution < 1.29 is 13.5 Å². The fraction of sp³-hybridized carbons (Fsp3) is 0.364. The maximum atomic E-state index is 12.4. The van der Waals surface area contributed by atoms with E-state index in [9.17, 15) is 8.78 Å². The van der Waals surface area contributed by atoms with Gasteiger partial charge in [0.1, 0.15) is 0 Å². The molecule has 0 unspecified atom stereocenters. The first-order chi connectivity index (χ1) is 8.58. The summed E-state index contributed by atoms with van der Waals surface area (Å²) < 4.78 is 29.2. The third kappa shape index (κ3) is 2.61. The Morgan fingerprint density at radius 2 is 1.89 bits per heavy atom. The van der Waals surface area contributed by atoms with Crippen molar-refractivity contribution in [1.29, 1.82) is 0 Å². The minimum Gasteiger partial charge on any atom is -0.431 e. The largest absolute Gasteiger partial charge is 0.431 e. The monoisotopic (exact) mass is 254 g/mol. The van der Waals surface area contributed by atoms with Crippen molar-refractivity contribution in [2.24, 2.45) is 0 Å². The Bertz CT molecular complexity index is 514. The Morgan fingerprint density at radius 3 is 2.44 bits per heavy atom. The van der Waals surface area contributed by atoms with Gasteiger partial charge in [0.2, 0.25) is 5.82 Å². The molecule has 0 aliphatic rings. The van der Waals surface area contributed by atoms with E-state index in [-0.39, 0.29) is 17.5 Å². The third-order valence-electron chi connectivity index (χ3n) is 2.34. The van der Waals surface area contributed by atoms with Crippen LogP contribution in [0.25, 0.3) is 5.82 Å². The second kappa shape index (κ2) is 5.07. The van der Waals surface area contributed by atoms with Crippen molar-refractivity contribution in [3.8, 4) is 11.6 Å². The molecule has 0 aromatic carbocycles. The molecule has 0 radical (unpaired) electrons. The highest BCUT2D eigenvalue weighted by atomic mass is 19.3. The molecule has 7 heteroatoms. The van der Waals surface area contributed by atoms with Gasteiger partial charge in [0.15, 0.2) is 5.75 Å². The first-order valence-corrected chi connectivity index (χ1v) is 5.39. The molecule has 2 rings (SSSR count). The lowest BCUT2D eigenvalue weighted by atomic mass is 10.1. The predicted molar refractivity (Wildman–Crippen MR) is 59.9 cm³/mol. The maximum absolute atomic E-state index is 12.4. The smallest absolute Gasteiger partial charge is 0.387 e. The normalized spacial score (nSPS) is 11.2. The topological polar surface area (TPSA) is 52.8 Å². The lowest BCUT2D eigenvalue weighted by Crippen LogP contribution is -2.10. The molecule has 0 saturated heterocycles. The Labute approximate surface area is 102 Å². The first-order valence-electron chi connectivity index (χ1n) is 5.39. The minimum absolute atomic E-state index is 0.0348. The number of alkyl halides is 2. The number of pyridine rings is 1. The van der Waals surface area contributed by atoms with Crippen LogP contribution in [0.4, 0.5) is 8.78 Å². The van der Waals surface area contributed by atoms with E-state index < -0.39 is 6.61 Å². The number of aromatic nitrogens is 4. The number of ether oxygens (including phenoxy) is 1. The van der Waals surface area contributed by atoms with Crippen molar-refractivity contribution >= 4 is 0 Å². The summed E-state index contributed by atoms with van der Waals surface area (Å²) in [7, 11) is 0. The molecule has 2 aromatic heterocycles. The molecule has 0 saturated carbocycles. The molecular weight excluding hydrogens is 242 g/mol. The number of nitrogens with zero attached hydrogens (tertiary/aromatic N) is 4. The summed E-state index contributed by atoms with van der Waals surface area (Å²) in [5.74, 6) is 0.272. The van der Waals surface area contributed by atoms with Gasteiger partial charge in [-0.2, -0.15) is 19.0 Å². The Hall–Kier alpha value is -2.05. The Balaban J connectivity index is 2.45. The van der Waals surface area contributed by atoms with Gasteiger partial charge in [0.05, 0.1) is 12.4 Å². The predicted octanol–water partition coefficient (Wildman–Crippen LogP) is 2.39. The Kier molecular flexibility index (Phi) is 3.50. The summed E-state index contributed by atoms with van der Waals surface area (Å²) in [6.07, 6.45) is 4.47. The fourth-order valence-corrected chi connectivity index (χ4v) is 1.43. The van der Waals surface area contributed by atoms with Gasteiger partial charge in [-0.1, -0.05) is 13.8 Å². The number of hydrogen-bond acceptors (Lipinski definition) is 4. The minimum atomic E-state index is -2.91. The van der Waals surface area contributed by atoms with E-state index in [1.165, 1.54) is 18.5 Å². The van der Waals surface area contributed by atoms with Gasteiger partial charge in [-0.25, -0.2) is 4.98 Å². The van der Waals surface area contributed by atoms with Crippen LogP contribution in [0.15, 0.2) is 24.7 Å². The van der Waals surface area contributed by atoms with Gasteiger partial charge in [0, 0.05) is 6.20 Å². The summed E-state index contributed by atoms with van der Waals surface area (Å²) in [6, 6.07) is 1.53. The molecule has 0 aliphatic heterocycles. The van der Waals surface area contributed by atoms with E-state index in [0.29, 0.717) is 0 Å². The van der Waals surface area contributed by atoms with Crippen molar-refractivity contribution in [2.45, 2.75) is 26.4 Å². The fourth-order valence-electron chi connectivity index (χ4n) is 1.43. The van der Waals surface area contributed by atoms with Crippen molar-refractivity contribution in [1.82, 2.24) is 20.0 Å². The van der Waals surface area contributed by atoms with E-state index in [4.69, 9.17) is 0 Å². The molecule has 5 nitrogen and oxygen atoms in total.